The molecule has 2 N–H and O–H groups in total. The fourth-order valence-electron chi connectivity index (χ4n) is 0.966. The molecule has 5 nitrogen and oxygen atoms in total. The maximum atomic E-state index is 10.1. The predicted octanol–water partition coefficient (Wildman–Crippen LogP) is 2.26. The number of pyridine rings is 1. The summed E-state index contributed by atoms with van der Waals surface area (Å²) >= 11 is 0. The second-order valence-electron chi connectivity index (χ2n) is 2.84. The van der Waals surface area contributed by atoms with E-state index in [-0.39, 0.29) is 11.4 Å². The molecule has 0 unspecified atom stereocenters. The molecule has 0 aliphatic carbocycles. The molecule has 82 valence electrons. The van der Waals surface area contributed by atoms with E-state index < -0.39 is 4.92 Å². The summed E-state index contributed by atoms with van der Waals surface area (Å²) in [7, 11) is 0. The largest absolute Gasteiger partial charge is 0.393 e. The summed E-state index contributed by atoms with van der Waals surface area (Å²) < 4.78 is 0. The molecule has 0 aliphatic rings. The van der Waals surface area contributed by atoms with E-state index >= 15 is 0 Å². The second kappa shape index (κ2) is 6.13. The van der Waals surface area contributed by atoms with Crippen molar-refractivity contribution in [1.29, 1.82) is 0 Å². The van der Waals surface area contributed by atoms with E-state index in [1.807, 2.05) is 18.2 Å². The summed E-state index contributed by atoms with van der Waals surface area (Å²) in [5.74, 6) is 0. The number of nitro groups is 1. The Morgan fingerprint density at radius 1 is 1.06 bits per heavy atom. The zero-order valence-electron chi connectivity index (χ0n) is 8.48. The highest BCUT2D eigenvalue weighted by molar-refractivity contribution is 5.57. The molecule has 2 rings (SSSR count). The van der Waals surface area contributed by atoms with Crippen molar-refractivity contribution in [3.05, 3.63) is 65.0 Å². The average Bonchev–Trinajstić information content (AvgIpc) is 2.32. The number of rotatable bonds is 1. The number of nitro benzene ring substituents is 1. The van der Waals surface area contributed by atoms with E-state index in [2.05, 4.69) is 4.98 Å². The summed E-state index contributed by atoms with van der Waals surface area (Å²) in [6, 6.07) is 11.8. The van der Waals surface area contributed by atoms with Crippen molar-refractivity contribution in [2.24, 2.45) is 0 Å². The van der Waals surface area contributed by atoms with Crippen molar-refractivity contribution in [3.63, 3.8) is 0 Å². The van der Waals surface area contributed by atoms with Crippen LogP contribution in [0, 0.1) is 10.1 Å². The van der Waals surface area contributed by atoms with Crippen LogP contribution in [0.3, 0.4) is 0 Å². The molecular weight excluding hydrogens is 206 g/mol. The lowest BCUT2D eigenvalue weighted by molar-refractivity contribution is -0.383. The SMILES string of the molecule is Nc1ccccc1[N+](=O)[O-].c1ccncc1. The number of hydrogen-bond acceptors (Lipinski definition) is 4. The molecule has 0 aliphatic heterocycles. The van der Waals surface area contributed by atoms with Crippen molar-refractivity contribution in [3.8, 4) is 0 Å². The van der Waals surface area contributed by atoms with Gasteiger partial charge in [-0.2, -0.15) is 0 Å². The first-order chi connectivity index (χ1) is 7.72. The van der Waals surface area contributed by atoms with Crippen LogP contribution in [-0.4, -0.2) is 9.91 Å². The smallest absolute Gasteiger partial charge is 0.292 e. The van der Waals surface area contributed by atoms with Crippen molar-refractivity contribution in [2.75, 3.05) is 5.73 Å². The third-order valence-corrected chi connectivity index (χ3v) is 1.70. The Kier molecular flexibility index (Phi) is 4.46. The Hall–Kier alpha value is -2.43. The lowest BCUT2D eigenvalue weighted by atomic mass is 10.3. The average molecular weight is 217 g/mol. The van der Waals surface area contributed by atoms with Crippen molar-refractivity contribution in [2.45, 2.75) is 0 Å². The predicted molar refractivity (Wildman–Crippen MR) is 61.7 cm³/mol. The van der Waals surface area contributed by atoms with Gasteiger partial charge in [0.1, 0.15) is 5.69 Å². The molecule has 0 bridgehead atoms. The molecule has 0 spiro atoms. The van der Waals surface area contributed by atoms with Crippen molar-refractivity contribution >= 4 is 11.4 Å². The van der Waals surface area contributed by atoms with E-state index in [9.17, 15) is 10.1 Å². The molecule has 0 radical (unpaired) electrons. The van der Waals surface area contributed by atoms with Gasteiger partial charge in [-0.05, 0) is 18.2 Å². The van der Waals surface area contributed by atoms with Crippen LogP contribution in [0.4, 0.5) is 11.4 Å². The number of aromatic nitrogens is 1. The summed E-state index contributed by atoms with van der Waals surface area (Å²) in [6.45, 7) is 0. The molecule has 1 heterocycles. The number of nitrogens with zero attached hydrogens (tertiary/aromatic N) is 2. The van der Waals surface area contributed by atoms with E-state index in [0.29, 0.717) is 0 Å². The van der Waals surface area contributed by atoms with Gasteiger partial charge in [0, 0.05) is 18.5 Å². The van der Waals surface area contributed by atoms with Crippen LogP contribution in [0.5, 0.6) is 0 Å². The molecule has 0 amide bonds. The quantitative estimate of drug-likeness (QED) is 0.451. The lowest BCUT2D eigenvalue weighted by Crippen LogP contribution is -1.93. The van der Waals surface area contributed by atoms with Gasteiger partial charge < -0.3 is 5.73 Å². The third kappa shape index (κ3) is 3.75. The van der Waals surface area contributed by atoms with E-state index in [1.54, 1.807) is 24.5 Å². The fraction of sp³-hybridized carbons (Fsp3) is 0. The van der Waals surface area contributed by atoms with Gasteiger partial charge in [0.25, 0.3) is 5.69 Å². The van der Waals surface area contributed by atoms with Crippen LogP contribution in [-0.2, 0) is 0 Å². The van der Waals surface area contributed by atoms with Crippen LogP contribution < -0.4 is 5.73 Å². The first kappa shape index (κ1) is 11.6. The van der Waals surface area contributed by atoms with Crippen LogP contribution in [0.1, 0.15) is 0 Å². The molecular formula is C11H11N3O2. The van der Waals surface area contributed by atoms with Gasteiger partial charge in [0.15, 0.2) is 0 Å². The highest BCUT2D eigenvalue weighted by Gasteiger charge is 2.07. The summed E-state index contributed by atoms with van der Waals surface area (Å²) in [4.78, 5) is 13.4. The van der Waals surface area contributed by atoms with Crippen LogP contribution in [0.2, 0.25) is 0 Å². The molecule has 0 saturated carbocycles. The van der Waals surface area contributed by atoms with Crippen LogP contribution in [0.15, 0.2) is 54.9 Å². The zero-order valence-corrected chi connectivity index (χ0v) is 8.48. The first-order valence-electron chi connectivity index (χ1n) is 4.55. The van der Waals surface area contributed by atoms with Gasteiger partial charge in [0.2, 0.25) is 0 Å². The highest BCUT2D eigenvalue weighted by Crippen LogP contribution is 2.18. The van der Waals surface area contributed by atoms with Gasteiger partial charge in [-0.25, -0.2) is 0 Å². The van der Waals surface area contributed by atoms with E-state index in [1.165, 1.54) is 12.1 Å². The van der Waals surface area contributed by atoms with Crippen LogP contribution >= 0.6 is 0 Å². The van der Waals surface area contributed by atoms with Crippen molar-refractivity contribution < 1.29 is 4.92 Å². The number of nitrogens with two attached hydrogens (primary N) is 1. The second-order valence-corrected chi connectivity index (χ2v) is 2.84. The molecule has 0 saturated heterocycles. The summed E-state index contributed by atoms with van der Waals surface area (Å²) in [6.07, 6.45) is 3.50. The monoisotopic (exact) mass is 217 g/mol. The minimum atomic E-state index is -0.505. The lowest BCUT2D eigenvalue weighted by Gasteiger charge is -1.92. The van der Waals surface area contributed by atoms with Crippen molar-refractivity contribution in [1.82, 2.24) is 4.98 Å². The minimum absolute atomic E-state index is 0.0394. The Bertz CT molecular complexity index is 419. The molecule has 0 atom stereocenters. The highest BCUT2D eigenvalue weighted by atomic mass is 16.6. The van der Waals surface area contributed by atoms with Gasteiger partial charge in [-0.15, -0.1) is 0 Å². The molecule has 1 aromatic carbocycles. The standard InChI is InChI=1S/C6H6N2O2.C5H5N/c7-5-3-1-2-4-6(5)8(9)10;1-2-4-6-5-3-1/h1-4H,7H2;1-5H. The van der Waals surface area contributed by atoms with E-state index in [0.717, 1.165) is 0 Å². The molecule has 0 fully saturated rings. The normalized spacial score (nSPS) is 8.75. The Morgan fingerprint density at radius 2 is 1.69 bits per heavy atom. The number of para-hydroxylation sites is 2. The summed E-state index contributed by atoms with van der Waals surface area (Å²) in [5, 5.41) is 10.1. The number of hydrogen-bond donors (Lipinski definition) is 1. The maximum absolute atomic E-state index is 10.1. The van der Waals surface area contributed by atoms with Gasteiger partial charge in [-0.3, -0.25) is 15.1 Å². The van der Waals surface area contributed by atoms with Crippen LogP contribution in [0.25, 0.3) is 0 Å². The molecule has 1 aromatic heterocycles. The maximum Gasteiger partial charge on any atom is 0.292 e. The van der Waals surface area contributed by atoms with Gasteiger partial charge >= 0.3 is 0 Å². The number of anilines is 1. The molecule has 5 heteroatoms. The number of benzene rings is 1. The van der Waals surface area contributed by atoms with Gasteiger partial charge in [0.05, 0.1) is 4.92 Å². The zero-order chi connectivity index (χ0) is 11.8. The first-order valence-corrected chi connectivity index (χ1v) is 4.55. The Morgan fingerprint density at radius 3 is 2.00 bits per heavy atom. The molecule has 2 aromatic rings. The number of nitrogen functional groups attached to an aromatic ring is 1. The fourth-order valence-corrected chi connectivity index (χ4v) is 0.966. The Balaban J connectivity index is 0.000000181. The third-order valence-electron chi connectivity index (χ3n) is 1.70. The molecule has 16 heavy (non-hydrogen) atoms. The minimum Gasteiger partial charge on any atom is -0.393 e. The van der Waals surface area contributed by atoms with E-state index in [4.69, 9.17) is 5.73 Å². The summed E-state index contributed by atoms with van der Waals surface area (Å²) in [5.41, 5.74) is 5.44. The Labute approximate surface area is 92.7 Å². The van der Waals surface area contributed by atoms with Gasteiger partial charge in [-0.1, -0.05) is 18.2 Å². The topological polar surface area (TPSA) is 82.0 Å².